The van der Waals surface area contributed by atoms with Crippen LogP contribution in [0.25, 0.3) is 33.6 Å². The molecule has 3 atom stereocenters. The number of carbonyl (C=O) groups is 2. The lowest BCUT2D eigenvalue weighted by Gasteiger charge is -2.27. The number of nitrogens with zero attached hydrogens (tertiary/aromatic N) is 4. The van der Waals surface area contributed by atoms with Gasteiger partial charge in [-0.25, -0.2) is 19.6 Å². The Morgan fingerprint density at radius 2 is 1.39 bits per heavy atom. The number of amides is 2. The van der Waals surface area contributed by atoms with Gasteiger partial charge in [-0.05, 0) is 83.8 Å². The Morgan fingerprint density at radius 3 is 1.98 bits per heavy atom. The lowest BCUT2D eigenvalue weighted by molar-refractivity contribution is 0.0208. The zero-order valence-electron chi connectivity index (χ0n) is 29.2. The first-order valence-corrected chi connectivity index (χ1v) is 18.0. The zero-order valence-corrected chi connectivity index (χ0v) is 30.0. The first kappa shape index (κ1) is 34.5. The van der Waals surface area contributed by atoms with Crippen LogP contribution >= 0.6 is 11.8 Å². The molecule has 0 unspecified atom stereocenters. The summed E-state index contributed by atoms with van der Waals surface area (Å²) in [5.74, 6) is 0.640. The number of aromatic amines is 2. The van der Waals surface area contributed by atoms with E-state index in [0.29, 0.717) is 36.1 Å². The minimum atomic E-state index is -0.617. The summed E-state index contributed by atoms with van der Waals surface area (Å²) < 4.78 is 26.4. The van der Waals surface area contributed by atoms with Crippen LogP contribution in [-0.2, 0) is 9.47 Å². The third-order valence-electron chi connectivity index (χ3n) is 8.70. The lowest BCUT2D eigenvalue weighted by atomic mass is 10.0. The highest BCUT2D eigenvalue weighted by Crippen LogP contribution is 2.38. The van der Waals surface area contributed by atoms with E-state index in [1.165, 1.54) is 0 Å². The normalized spacial score (nSPS) is 19.8. The van der Waals surface area contributed by atoms with Gasteiger partial charge in [0.25, 0.3) is 0 Å². The van der Waals surface area contributed by atoms with Crippen molar-refractivity contribution in [1.29, 1.82) is 0 Å². The van der Waals surface area contributed by atoms with Gasteiger partial charge in [0.05, 0.1) is 24.0 Å². The molecule has 260 valence electrons. The number of hydrogen-bond donors (Lipinski definition) is 2. The molecule has 12 heteroatoms. The summed E-state index contributed by atoms with van der Waals surface area (Å²) in [6, 6.07) is 15.2. The van der Waals surface area contributed by atoms with E-state index in [0.717, 1.165) is 41.1 Å². The molecule has 2 fully saturated rings. The summed E-state index contributed by atoms with van der Waals surface area (Å²) >= 11 is 1.75. The molecule has 0 spiro atoms. The molecular formula is C37H45FN6O4S. The standard InChI is InChI=1S/C37H45FN6O4S/c1-36(2,3)47-34(45)43-18-8-9-28(43)33-41-30(31(38)42-33)25-16-12-23(13-17-25)22-10-14-24(15-11-22)27-20-39-32(40-27)29-19-26(49-7)21-44(29)35(46)48-37(4,5)6/h10-17,20,26,28-29H,8-9,18-19,21H2,1-7H3,(H,39,40)(H,41,42)/t26-,28-,29-/m0/s1. The summed E-state index contributed by atoms with van der Waals surface area (Å²) in [6.07, 6.45) is 5.41. The van der Waals surface area contributed by atoms with Crippen molar-refractivity contribution in [2.75, 3.05) is 19.3 Å². The van der Waals surface area contributed by atoms with Crippen LogP contribution in [0.3, 0.4) is 0 Å². The summed E-state index contributed by atoms with van der Waals surface area (Å²) in [7, 11) is 0. The van der Waals surface area contributed by atoms with E-state index < -0.39 is 23.2 Å². The first-order chi connectivity index (χ1) is 23.2. The highest BCUT2D eigenvalue weighted by Gasteiger charge is 2.40. The number of nitrogens with one attached hydrogen (secondary N) is 2. The van der Waals surface area contributed by atoms with Gasteiger partial charge in [0.15, 0.2) is 0 Å². The number of thioether (sulfide) groups is 1. The molecule has 6 rings (SSSR count). The van der Waals surface area contributed by atoms with Crippen LogP contribution in [0.15, 0.2) is 54.7 Å². The summed E-state index contributed by atoms with van der Waals surface area (Å²) in [5.41, 5.74) is 3.50. The fraction of sp³-hybridized carbons (Fsp3) is 0.459. The van der Waals surface area contributed by atoms with Crippen LogP contribution in [0.4, 0.5) is 14.0 Å². The molecule has 2 N–H and O–H groups in total. The topological polar surface area (TPSA) is 116 Å². The van der Waals surface area contributed by atoms with Gasteiger partial charge in [-0.15, -0.1) is 0 Å². The molecule has 2 amide bonds. The van der Waals surface area contributed by atoms with Crippen molar-refractivity contribution in [3.05, 3.63) is 72.3 Å². The number of rotatable bonds is 6. The molecule has 49 heavy (non-hydrogen) atoms. The second-order valence-electron chi connectivity index (χ2n) is 14.7. The smallest absolute Gasteiger partial charge is 0.410 e. The van der Waals surface area contributed by atoms with Crippen LogP contribution in [0.5, 0.6) is 0 Å². The van der Waals surface area contributed by atoms with Crippen LogP contribution in [-0.4, -0.2) is 77.7 Å². The van der Waals surface area contributed by atoms with Gasteiger partial charge in [0.2, 0.25) is 5.95 Å². The molecule has 4 aromatic rings. The number of H-pyrrole nitrogens is 2. The lowest BCUT2D eigenvalue weighted by Crippen LogP contribution is -2.37. The van der Waals surface area contributed by atoms with Crippen LogP contribution in [0, 0.1) is 5.95 Å². The Balaban J connectivity index is 1.14. The molecule has 4 heterocycles. The number of likely N-dealkylation sites (tertiary alicyclic amines) is 2. The maximum Gasteiger partial charge on any atom is 0.410 e. The molecule has 2 aromatic carbocycles. The Morgan fingerprint density at radius 1 is 0.816 bits per heavy atom. The van der Waals surface area contributed by atoms with E-state index in [9.17, 15) is 9.59 Å². The van der Waals surface area contributed by atoms with Gasteiger partial charge in [-0.2, -0.15) is 16.2 Å². The van der Waals surface area contributed by atoms with E-state index in [1.54, 1.807) is 21.6 Å². The molecule has 0 radical (unpaired) electrons. The fourth-order valence-electron chi connectivity index (χ4n) is 6.37. The summed E-state index contributed by atoms with van der Waals surface area (Å²) in [6.45, 7) is 12.3. The average molecular weight is 689 g/mol. The van der Waals surface area contributed by atoms with Crippen molar-refractivity contribution in [3.8, 4) is 33.6 Å². The van der Waals surface area contributed by atoms with Crippen molar-refractivity contribution in [2.45, 2.75) is 89.3 Å². The number of imidazole rings is 2. The molecule has 2 aliphatic heterocycles. The van der Waals surface area contributed by atoms with Crippen molar-refractivity contribution in [2.24, 2.45) is 0 Å². The third kappa shape index (κ3) is 7.79. The summed E-state index contributed by atoms with van der Waals surface area (Å²) in [5, 5.41) is 0.310. The SMILES string of the molecule is CS[C@H]1C[C@@H](c2ncc(-c3ccc(-c4ccc(-c5nc([C@@H]6CCCN6C(=O)OC(C)(C)C)[nH]c5F)cc4)cc3)[nH]2)N(C(=O)OC(C)(C)C)C1. The molecule has 2 saturated heterocycles. The number of carbonyl (C=O) groups excluding carboxylic acids is 2. The van der Waals surface area contributed by atoms with E-state index in [1.807, 2.05) is 96.3 Å². The average Bonchev–Trinajstić information content (AvgIpc) is 3.85. The van der Waals surface area contributed by atoms with Gasteiger partial charge in [-0.3, -0.25) is 9.80 Å². The third-order valence-corrected chi connectivity index (χ3v) is 9.71. The number of halogens is 1. The molecular weight excluding hydrogens is 644 g/mol. The highest BCUT2D eigenvalue weighted by molar-refractivity contribution is 7.99. The van der Waals surface area contributed by atoms with Crippen molar-refractivity contribution < 1.29 is 23.5 Å². The van der Waals surface area contributed by atoms with Crippen LogP contribution < -0.4 is 0 Å². The Hall–Kier alpha value is -4.32. The van der Waals surface area contributed by atoms with E-state index in [-0.39, 0.29) is 23.9 Å². The van der Waals surface area contributed by atoms with Crippen molar-refractivity contribution in [1.82, 2.24) is 29.7 Å². The number of hydrogen-bond acceptors (Lipinski definition) is 7. The quantitative estimate of drug-likeness (QED) is 0.208. The van der Waals surface area contributed by atoms with Crippen LogP contribution in [0.2, 0.25) is 0 Å². The zero-order chi connectivity index (χ0) is 35.1. The minimum absolute atomic E-state index is 0.184. The van der Waals surface area contributed by atoms with Crippen LogP contribution in [0.1, 0.15) is 84.5 Å². The number of benzene rings is 2. The van der Waals surface area contributed by atoms with E-state index in [2.05, 4.69) is 26.2 Å². The predicted molar refractivity (Wildman–Crippen MR) is 190 cm³/mol. The van der Waals surface area contributed by atoms with Gasteiger partial charge in [0, 0.05) is 23.9 Å². The second-order valence-corrected chi connectivity index (χ2v) is 15.8. The Labute approximate surface area is 291 Å². The number of aromatic nitrogens is 4. The van der Waals surface area contributed by atoms with Gasteiger partial charge in [0.1, 0.15) is 28.5 Å². The maximum absolute atomic E-state index is 15.2. The molecule has 0 aliphatic carbocycles. The molecule has 2 aromatic heterocycles. The minimum Gasteiger partial charge on any atom is -0.444 e. The molecule has 0 bridgehead atoms. The fourth-order valence-corrected chi connectivity index (χ4v) is 7.06. The molecule has 2 aliphatic rings. The van der Waals surface area contributed by atoms with Gasteiger partial charge in [-0.1, -0.05) is 48.5 Å². The Kier molecular flexibility index (Phi) is 9.54. The maximum atomic E-state index is 15.2. The first-order valence-electron chi connectivity index (χ1n) is 16.7. The summed E-state index contributed by atoms with van der Waals surface area (Å²) in [4.78, 5) is 44.7. The highest BCUT2D eigenvalue weighted by atomic mass is 32.2. The monoisotopic (exact) mass is 688 g/mol. The molecule has 0 saturated carbocycles. The van der Waals surface area contributed by atoms with Gasteiger partial charge < -0.3 is 19.4 Å². The van der Waals surface area contributed by atoms with E-state index in [4.69, 9.17) is 9.47 Å². The number of ether oxygens (including phenoxy) is 2. The van der Waals surface area contributed by atoms with E-state index >= 15 is 4.39 Å². The second kappa shape index (κ2) is 13.5. The predicted octanol–water partition coefficient (Wildman–Crippen LogP) is 8.76. The van der Waals surface area contributed by atoms with Crippen molar-refractivity contribution >= 4 is 23.9 Å². The van der Waals surface area contributed by atoms with Gasteiger partial charge >= 0.3 is 12.2 Å². The molecule has 10 nitrogen and oxygen atoms in total. The van der Waals surface area contributed by atoms with Crippen molar-refractivity contribution in [3.63, 3.8) is 0 Å². The Bertz CT molecular complexity index is 1790. The largest absolute Gasteiger partial charge is 0.444 e.